The van der Waals surface area contributed by atoms with E-state index in [0.717, 1.165) is 50.2 Å². The third-order valence-corrected chi connectivity index (χ3v) is 5.06. The van der Waals surface area contributed by atoms with Crippen molar-refractivity contribution in [3.05, 3.63) is 34.5 Å². The van der Waals surface area contributed by atoms with Crippen molar-refractivity contribution in [2.45, 2.75) is 39.5 Å². The summed E-state index contributed by atoms with van der Waals surface area (Å²) < 4.78 is 5.42. The summed E-state index contributed by atoms with van der Waals surface area (Å²) in [5.74, 6) is 1.51. The van der Waals surface area contributed by atoms with Gasteiger partial charge in [0.1, 0.15) is 5.75 Å². The lowest BCUT2D eigenvalue weighted by molar-refractivity contribution is -0.125. The van der Waals surface area contributed by atoms with Gasteiger partial charge in [0.25, 0.3) is 0 Å². The van der Waals surface area contributed by atoms with Gasteiger partial charge in [-0.25, -0.2) is 0 Å². The van der Waals surface area contributed by atoms with Crippen molar-refractivity contribution >= 4 is 11.9 Å². The largest absolute Gasteiger partial charge is 0.497 e. The average molecular weight is 299 g/mol. The predicted molar refractivity (Wildman–Crippen MR) is 89.0 cm³/mol. The highest BCUT2D eigenvalue weighted by atomic mass is 16.5. The van der Waals surface area contributed by atoms with E-state index in [9.17, 15) is 4.79 Å². The molecule has 2 bridgehead atoms. The molecule has 3 heterocycles. The van der Waals surface area contributed by atoms with Gasteiger partial charge >= 0.3 is 0 Å². The first kappa shape index (κ1) is 15.1. The molecule has 3 nitrogen and oxygen atoms in total. The summed E-state index contributed by atoms with van der Waals surface area (Å²) in [5.41, 5.74) is 4.68. The minimum Gasteiger partial charge on any atom is -0.497 e. The second-order valence-corrected chi connectivity index (χ2v) is 6.22. The third-order valence-electron chi connectivity index (χ3n) is 5.06. The number of fused-ring (bicyclic) bond motifs is 3. The Morgan fingerprint density at radius 3 is 2.23 bits per heavy atom. The molecule has 3 aliphatic rings. The molecule has 0 N–H and O–H groups in total. The van der Waals surface area contributed by atoms with E-state index >= 15 is 0 Å². The molecule has 3 heteroatoms. The molecule has 0 saturated carbocycles. The van der Waals surface area contributed by atoms with Crippen molar-refractivity contribution in [2.75, 3.05) is 20.2 Å². The number of allylic oxidation sites excluding steroid dienone is 1. The van der Waals surface area contributed by atoms with Crippen LogP contribution in [0.1, 0.15) is 43.4 Å². The van der Waals surface area contributed by atoms with Gasteiger partial charge in [-0.05, 0) is 60.6 Å². The summed E-state index contributed by atoms with van der Waals surface area (Å²) in [4.78, 5) is 14.8. The highest BCUT2D eigenvalue weighted by molar-refractivity contribution is 6.02. The molecule has 3 aliphatic heterocycles. The summed E-state index contributed by atoms with van der Waals surface area (Å²) in [6.07, 6.45) is 6.09. The lowest BCUT2D eigenvalue weighted by Crippen LogP contribution is -2.45. The van der Waals surface area contributed by atoms with Crippen molar-refractivity contribution in [3.63, 3.8) is 0 Å². The van der Waals surface area contributed by atoms with Crippen LogP contribution in [0.5, 0.6) is 5.75 Å². The summed E-state index contributed by atoms with van der Waals surface area (Å²) in [7, 11) is 1.71. The Morgan fingerprint density at radius 1 is 1.18 bits per heavy atom. The van der Waals surface area contributed by atoms with Crippen LogP contribution in [0.25, 0.3) is 6.08 Å². The highest BCUT2D eigenvalue weighted by Gasteiger charge is 2.36. The molecule has 0 atom stereocenters. The van der Waals surface area contributed by atoms with E-state index in [1.54, 1.807) is 7.11 Å². The number of carbonyl (C=O) groups is 1. The maximum absolute atomic E-state index is 12.6. The van der Waals surface area contributed by atoms with E-state index in [1.165, 1.54) is 16.7 Å². The standard InChI is InChI=1S/C19H25NO2/c1-4-13-10-16(22-3)11-14(5-2)17(13)12-18-19(21)15-6-8-20(18)9-7-15/h10-12,15H,4-9H2,1-3H3. The molecule has 1 aromatic rings. The van der Waals surface area contributed by atoms with Gasteiger partial charge in [-0.3, -0.25) is 4.79 Å². The number of Topliss-reactive ketones (excluding diaryl/α,β-unsaturated/α-hetero) is 1. The van der Waals surface area contributed by atoms with Crippen LogP contribution in [0.3, 0.4) is 0 Å². The van der Waals surface area contributed by atoms with Crippen LogP contribution < -0.4 is 4.74 Å². The van der Waals surface area contributed by atoms with Crippen LogP contribution in [0.4, 0.5) is 0 Å². The molecule has 0 radical (unpaired) electrons. The van der Waals surface area contributed by atoms with Crippen LogP contribution >= 0.6 is 0 Å². The van der Waals surface area contributed by atoms with Crippen molar-refractivity contribution in [2.24, 2.45) is 5.92 Å². The second kappa shape index (κ2) is 6.15. The van der Waals surface area contributed by atoms with Crippen LogP contribution in [0, 0.1) is 5.92 Å². The Kier molecular flexibility index (Phi) is 4.23. The molecular weight excluding hydrogens is 274 g/mol. The van der Waals surface area contributed by atoms with Crippen LogP contribution in [-0.4, -0.2) is 30.9 Å². The number of carbonyl (C=O) groups excluding carboxylic acids is 1. The van der Waals surface area contributed by atoms with E-state index < -0.39 is 0 Å². The van der Waals surface area contributed by atoms with Crippen molar-refractivity contribution in [1.82, 2.24) is 4.90 Å². The van der Waals surface area contributed by atoms with Gasteiger partial charge in [-0.1, -0.05) is 13.8 Å². The lowest BCUT2D eigenvalue weighted by Gasteiger charge is -2.41. The number of aryl methyl sites for hydroxylation is 2. The van der Waals surface area contributed by atoms with Gasteiger partial charge in [-0.2, -0.15) is 0 Å². The monoisotopic (exact) mass is 299 g/mol. The van der Waals surface area contributed by atoms with Gasteiger partial charge in [0.15, 0.2) is 5.78 Å². The SMILES string of the molecule is CCc1cc(OC)cc(CC)c1C=C1C(=O)C2CCN1CC2. The molecule has 0 aromatic heterocycles. The van der Waals surface area contributed by atoms with E-state index in [4.69, 9.17) is 4.74 Å². The highest BCUT2D eigenvalue weighted by Crippen LogP contribution is 2.34. The summed E-state index contributed by atoms with van der Waals surface area (Å²) >= 11 is 0. The molecule has 0 unspecified atom stereocenters. The fraction of sp³-hybridized carbons (Fsp3) is 0.526. The normalized spacial score (nSPS) is 20.0. The molecule has 3 fully saturated rings. The second-order valence-electron chi connectivity index (χ2n) is 6.22. The first-order valence-corrected chi connectivity index (χ1v) is 8.38. The number of hydrogen-bond donors (Lipinski definition) is 0. The molecule has 3 saturated heterocycles. The maximum atomic E-state index is 12.6. The fourth-order valence-electron chi connectivity index (χ4n) is 3.68. The topological polar surface area (TPSA) is 29.5 Å². The van der Waals surface area contributed by atoms with Crippen molar-refractivity contribution in [1.29, 1.82) is 0 Å². The molecule has 0 aliphatic carbocycles. The van der Waals surface area contributed by atoms with Gasteiger partial charge in [0, 0.05) is 19.0 Å². The number of ether oxygens (including phenoxy) is 1. The molecule has 118 valence electrons. The first-order chi connectivity index (χ1) is 10.7. The maximum Gasteiger partial charge on any atom is 0.182 e. The molecular formula is C19H25NO2. The van der Waals surface area contributed by atoms with E-state index in [2.05, 4.69) is 37.0 Å². The predicted octanol–water partition coefficient (Wildman–Crippen LogP) is 3.46. The number of rotatable bonds is 4. The minimum absolute atomic E-state index is 0.254. The number of hydrogen-bond acceptors (Lipinski definition) is 3. The van der Waals surface area contributed by atoms with Gasteiger partial charge in [-0.15, -0.1) is 0 Å². The number of ketones is 1. The third kappa shape index (κ3) is 2.53. The molecule has 22 heavy (non-hydrogen) atoms. The number of nitrogens with zero attached hydrogens (tertiary/aromatic N) is 1. The molecule has 0 spiro atoms. The lowest BCUT2D eigenvalue weighted by atomic mass is 9.83. The first-order valence-electron chi connectivity index (χ1n) is 8.38. The Hall–Kier alpha value is -1.77. The molecule has 0 amide bonds. The smallest absolute Gasteiger partial charge is 0.182 e. The van der Waals surface area contributed by atoms with Crippen molar-refractivity contribution < 1.29 is 9.53 Å². The van der Waals surface area contributed by atoms with Gasteiger partial charge in [0.05, 0.1) is 12.8 Å². The van der Waals surface area contributed by atoms with Crippen molar-refractivity contribution in [3.8, 4) is 5.75 Å². The molecule has 1 aromatic carbocycles. The summed E-state index contributed by atoms with van der Waals surface area (Å²) in [6.45, 7) is 6.37. The summed E-state index contributed by atoms with van der Waals surface area (Å²) in [5, 5.41) is 0. The van der Waals surface area contributed by atoms with Gasteiger partial charge in [0.2, 0.25) is 0 Å². The Labute approximate surface area is 133 Å². The van der Waals surface area contributed by atoms with E-state index in [0.29, 0.717) is 5.78 Å². The quantitative estimate of drug-likeness (QED) is 0.798. The average Bonchev–Trinajstić information content (AvgIpc) is 2.58. The Balaban J connectivity index is 2.07. The fourth-order valence-corrected chi connectivity index (χ4v) is 3.68. The number of methoxy groups -OCH3 is 1. The zero-order chi connectivity index (χ0) is 15.7. The molecule has 4 rings (SSSR count). The minimum atomic E-state index is 0.254. The van der Waals surface area contributed by atoms with Crippen LogP contribution in [0.2, 0.25) is 0 Å². The van der Waals surface area contributed by atoms with Crippen LogP contribution in [0.15, 0.2) is 17.8 Å². The Morgan fingerprint density at radius 2 is 1.77 bits per heavy atom. The van der Waals surface area contributed by atoms with Crippen LogP contribution in [-0.2, 0) is 17.6 Å². The van der Waals surface area contributed by atoms with Gasteiger partial charge < -0.3 is 9.64 Å². The number of piperidine rings is 3. The summed E-state index contributed by atoms with van der Waals surface area (Å²) in [6, 6.07) is 4.21. The zero-order valence-corrected chi connectivity index (χ0v) is 13.8. The number of benzene rings is 1. The van der Waals surface area contributed by atoms with E-state index in [-0.39, 0.29) is 5.92 Å². The Bertz CT molecular complexity index is 585. The zero-order valence-electron chi connectivity index (χ0n) is 13.8. The van der Waals surface area contributed by atoms with E-state index in [1.807, 2.05) is 0 Å².